The summed E-state index contributed by atoms with van der Waals surface area (Å²) < 4.78 is 5.44. The number of hydrogen-bond donors (Lipinski definition) is 1. The first-order chi connectivity index (χ1) is 11.1. The largest absolute Gasteiger partial charge is 0.338 e. The van der Waals surface area contributed by atoms with Crippen molar-refractivity contribution in [2.45, 2.75) is 45.6 Å². The molecule has 23 heavy (non-hydrogen) atoms. The van der Waals surface area contributed by atoms with Crippen LogP contribution in [0.3, 0.4) is 0 Å². The molecular weight excluding hydrogens is 292 g/mol. The highest BCUT2D eigenvalue weighted by atomic mass is 16.5. The molecule has 1 aromatic carbocycles. The van der Waals surface area contributed by atoms with E-state index in [2.05, 4.69) is 15.5 Å². The first-order valence-corrected chi connectivity index (χ1v) is 8.10. The van der Waals surface area contributed by atoms with Crippen LogP contribution < -0.4 is 10.2 Å². The summed E-state index contributed by atoms with van der Waals surface area (Å²) in [6, 6.07) is 7.55. The van der Waals surface area contributed by atoms with E-state index in [-0.39, 0.29) is 18.0 Å². The molecule has 1 aliphatic heterocycles. The second kappa shape index (κ2) is 6.40. The molecular formula is C17H22N4O2. The highest BCUT2D eigenvalue weighted by molar-refractivity contribution is 5.95. The number of para-hydroxylation sites is 1. The monoisotopic (exact) mass is 314 g/mol. The molecule has 1 N–H and O–H groups in total. The zero-order valence-electron chi connectivity index (χ0n) is 13.7. The summed E-state index contributed by atoms with van der Waals surface area (Å²) in [4.78, 5) is 18.8. The highest BCUT2D eigenvalue weighted by Gasteiger charge is 2.38. The van der Waals surface area contributed by atoms with E-state index >= 15 is 0 Å². The summed E-state index contributed by atoms with van der Waals surface area (Å²) in [5.41, 5.74) is 2.03. The highest BCUT2D eigenvalue weighted by Crippen LogP contribution is 2.39. The fraction of sp³-hybridized carbons (Fsp3) is 0.471. The van der Waals surface area contributed by atoms with E-state index < -0.39 is 0 Å². The van der Waals surface area contributed by atoms with Gasteiger partial charge in [-0.2, -0.15) is 4.98 Å². The zero-order valence-corrected chi connectivity index (χ0v) is 13.7. The molecule has 0 radical (unpaired) electrons. The number of nitrogens with zero attached hydrogens (tertiary/aromatic N) is 3. The summed E-state index contributed by atoms with van der Waals surface area (Å²) in [6.07, 6.45) is 1.58. The van der Waals surface area contributed by atoms with Crippen LogP contribution in [0.25, 0.3) is 0 Å². The third-order valence-corrected chi connectivity index (χ3v) is 3.98. The maximum atomic E-state index is 12.6. The first-order valence-electron chi connectivity index (χ1n) is 8.10. The number of aromatic nitrogens is 2. The quantitative estimate of drug-likeness (QED) is 0.938. The summed E-state index contributed by atoms with van der Waals surface area (Å²) >= 11 is 0. The van der Waals surface area contributed by atoms with Gasteiger partial charge >= 0.3 is 6.03 Å². The second-order valence-corrected chi connectivity index (χ2v) is 6.10. The molecule has 1 atom stereocenters. The molecule has 2 aromatic rings. The van der Waals surface area contributed by atoms with Crippen molar-refractivity contribution >= 4 is 11.7 Å². The molecule has 3 rings (SSSR count). The van der Waals surface area contributed by atoms with Gasteiger partial charge in [0.25, 0.3) is 0 Å². The van der Waals surface area contributed by atoms with Gasteiger partial charge in [0, 0.05) is 24.6 Å². The van der Waals surface area contributed by atoms with Crippen molar-refractivity contribution in [3.63, 3.8) is 0 Å². The van der Waals surface area contributed by atoms with Crippen LogP contribution in [0.15, 0.2) is 28.8 Å². The van der Waals surface area contributed by atoms with E-state index in [1.807, 2.05) is 45.0 Å². The Hall–Kier alpha value is -2.37. The lowest BCUT2D eigenvalue weighted by Crippen LogP contribution is -2.41. The molecule has 0 saturated heterocycles. The lowest BCUT2D eigenvalue weighted by atomic mass is 10.1. The number of hydrogen-bond acceptors (Lipinski definition) is 4. The standard InChI is InChI=1S/C17H22N4O2/c1-4-9-18-17(22)21-13-8-6-5-7-12(13)10-14(21)16-19-15(11(2)3)20-23-16/h5-8,11,14H,4,9-10H2,1-3H3,(H,18,22). The summed E-state index contributed by atoms with van der Waals surface area (Å²) in [5, 5.41) is 6.98. The van der Waals surface area contributed by atoms with Crippen LogP contribution in [0.2, 0.25) is 0 Å². The predicted molar refractivity (Wildman–Crippen MR) is 87.4 cm³/mol. The van der Waals surface area contributed by atoms with Gasteiger partial charge in [0.2, 0.25) is 5.89 Å². The van der Waals surface area contributed by atoms with Crippen molar-refractivity contribution < 1.29 is 9.32 Å². The Morgan fingerprint density at radius 3 is 2.91 bits per heavy atom. The van der Waals surface area contributed by atoms with Gasteiger partial charge < -0.3 is 9.84 Å². The molecule has 2 heterocycles. The molecule has 1 aromatic heterocycles. The Kier molecular flexibility index (Phi) is 4.32. The molecule has 6 heteroatoms. The Labute approximate surface area is 135 Å². The van der Waals surface area contributed by atoms with Crippen molar-refractivity contribution in [1.29, 1.82) is 0 Å². The summed E-state index contributed by atoms with van der Waals surface area (Å²) in [5.74, 6) is 1.36. The predicted octanol–water partition coefficient (Wildman–Crippen LogP) is 3.42. The van der Waals surface area contributed by atoms with E-state index in [1.54, 1.807) is 4.90 Å². The molecule has 0 fully saturated rings. The topological polar surface area (TPSA) is 71.3 Å². The smallest absolute Gasteiger partial charge is 0.322 e. The minimum Gasteiger partial charge on any atom is -0.338 e. The van der Waals surface area contributed by atoms with Gasteiger partial charge in [-0.25, -0.2) is 4.79 Å². The van der Waals surface area contributed by atoms with Gasteiger partial charge in [-0.05, 0) is 18.1 Å². The Balaban J connectivity index is 1.93. The van der Waals surface area contributed by atoms with Gasteiger partial charge in [0.1, 0.15) is 6.04 Å². The molecule has 0 spiro atoms. The Bertz CT molecular complexity index is 695. The van der Waals surface area contributed by atoms with Crippen LogP contribution in [0.1, 0.15) is 56.4 Å². The maximum Gasteiger partial charge on any atom is 0.322 e. The number of carbonyl (C=O) groups excluding carboxylic acids is 1. The van der Waals surface area contributed by atoms with Crippen molar-refractivity contribution in [2.24, 2.45) is 0 Å². The SMILES string of the molecule is CCCNC(=O)N1c2ccccc2CC1c1nc(C(C)C)no1. The number of urea groups is 1. The van der Waals surface area contributed by atoms with Gasteiger partial charge in [-0.3, -0.25) is 4.90 Å². The van der Waals surface area contributed by atoms with Crippen molar-refractivity contribution in [3.8, 4) is 0 Å². The number of rotatable bonds is 4. The number of benzene rings is 1. The average molecular weight is 314 g/mol. The number of anilines is 1. The van der Waals surface area contributed by atoms with Crippen molar-refractivity contribution in [2.75, 3.05) is 11.4 Å². The molecule has 6 nitrogen and oxygen atoms in total. The van der Waals surface area contributed by atoms with E-state index in [0.717, 1.165) is 17.7 Å². The number of nitrogens with one attached hydrogen (secondary N) is 1. The summed E-state index contributed by atoms with van der Waals surface area (Å²) in [7, 11) is 0. The lowest BCUT2D eigenvalue weighted by molar-refractivity contribution is 0.242. The fourth-order valence-corrected chi connectivity index (χ4v) is 2.77. The average Bonchev–Trinajstić information content (AvgIpc) is 3.16. The molecule has 1 unspecified atom stereocenters. The minimum absolute atomic E-state index is 0.119. The second-order valence-electron chi connectivity index (χ2n) is 6.10. The van der Waals surface area contributed by atoms with Crippen LogP contribution in [-0.4, -0.2) is 22.7 Å². The third kappa shape index (κ3) is 2.93. The molecule has 122 valence electrons. The van der Waals surface area contributed by atoms with Crippen molar-refractivity contribution in [1.82, 2.24) is 15.5 Å². The maximum absolute atomic E-state index is 12.6. The Morgan fingerprint density at radius 2 is 2.22 bits per heavy atom. The number of fused-ring (bicyclic) bond motifs is 1. The van der Waals surface area contributed by atoms with Crippen LogP contribution in [0.5, 0.6) is 0 Å². The van der Waals surface area contributed by atoms with Crippen molar-refractivity contribution in [3.05, 3.63) is 41.5 Å². The van der Waals surface area contributed by atoms with Crippen LogP contribution in [-0.2, 0) is 6.42 Å². The van der Waals surface area contributed by atoms with Crippen LogP contribution >= 0.6 is 0 Å². The van der Waals surface area contributed by atoms with Crippen LogP contribution in [0.4, 0.5) is 10.5 Å². The molecule has 2 amide bonds. The van der Waals surface area contributed by atoms with Crippen LogP contribution in [0, 0.1) is 0 Å². The first kappa shape index (κ1) is 15.5. The van der Waals surface area contributed by atoms with Gasteiger partial charge in [0.15, 0.2) is 5.82 Å². The minimum atomic E-state index is -0.246. The van der Waals surface area contributed by atoms with Gasteiger partial charge in [0.05, 0.1) is 0 Å². The van der Waals surface area contributed by atoms with E-state index in [9.17, 15) is 4.79 Å². The van der Waals surface area contributed by atoms with Gasteiger partial charge in [-0.15, -0.1) is 0 Å². The number of amides is 2. The normalized spacial score (nSPS) is 16.7. The van der Waals surface area contributed by atoms with E-state index in [1.165, 1.54) is 0 Å². The van der Waals surface area contributed by atoms with E-state index in [4.69, 9.17) is 4.52 Å². The van der Waals surface area contributed by atoms with E-state index in [0.29, 0.717) is 24.7 Å². The third-order valence-electron chi connectivity index (χ3n) is 3.98. The molecule has 0 bridgehead atoms. The molecule has 0 aliphatic carbocycles. The lowest BCUT2D eigenvalue weighted by Gasteiger charge is -2.23. The molecule has 0 saturated carbocycles. The number of carbonyl (C=O) groups is 1. The zero-order chi connectivity index (χ0) is 16.4. The fourth-order valence-electron chi connectivity index (χ4n) is 2.77. The van der Waals surface area contributed by atoms with Gasteiger partial charge in [-0.1, -0.05) is 44.1 Å². The molecule has 1 aliphatic rings. The summed E-state index contributed by atoms with van der Waals surface area (Å²) in [6.45, 7) is 6.71. The Morgan fingerprint density at radius 1 is 1.43 bits per heavy atom.